The van der Waals surface area contributed by atoms with Crippen molar-refractivity contribution in [2.24, 2.45) is 0 Å². The number of rotatable bonds is 70. The van der Waals surface area contributed by atoms with Crippen molar-refractivity contribution in [3.05, 3.63) is 170 Å². The number of carbonyl (C=O) groups excluding carboxylic acids is 4. The molecule has 0 rings (SSSR count). The highest BCUT2D eigenvalue weighted by Gasteiger charge is 2.30. The number of allylic oxidation sites excluding steroid dienone is 28. The predicted molar refractivity (Wildman–Crippen MR) is 417 cm³/mol. The molecule has 0 bridgehead atoms. The number of esters is 4. The Morgan fingerprint density at radius 3 is 0.843 bits per heavy atom. The molecule has 17 nitrogen and oxygen atoms in total. The molecule has 5 unspecified atom stereocenters. The lowest BCUT2D eigenvalue weighted by Gasteiger charge is -2.21. The van der Waals surface area contributed by atoms with Gasteiger partial charge in [-0.1, -0.05) is 256 Å². The minimum atomic E-state index is -5.00. The van der Waals surface area contributed by atoms with E-state index in [2.05, 4.69) is 186 Å². The standard InChI is InChI=1S/C83H134O17P2/c1-5-9-13-17-21-25-29-32-35-37-38-40-43-45-49-52-56-60-64-68-81(86)94-74-79(100-83(88)70-66-62-58-54-50-46-41-34-31-27-23-19-15-11-7-3)76-98-102(91,92)96-72-77(84)71-95-101(89,90)97-75-78(99-82(87)69-65-61-57-53-47-28-24-20-16-12-8-4)73-93-80(85)67-63-59-55-51-48-44-42-39-36-33-30-26-22-18-14-10-6-2/h9-11,13-15,20-27,32-36,38,40-42,44-45,49,51,55,77-79,84H,5-8,12,16-19,28-31,37,39,43,46-48,50,52-54,56-76H2,1-4H3,(H,89,90)(H,91,92)/b13-9-,14-10-,15-11-,24-20-,25-21-,26-22-,27-23-,35-32-,36-33-,40-38-,41-34-,44-42-,49-45-,55-51-. The molecule has 0 amide bonds. The van der Waals surface area contributed by atoms with E-state index in [1.165, 1.54) is 6.42 Å². The Morgan fingerprint density at radius 1 is 0.284 bits per heavy atom. The fourth-order valence-electron chi connectivity index (χ4n) is 9.39. The van der Waals surface area contributed by atoms with Gasteiger partial charge in [-0.25, -0.2) is 9.13 Å². The van der Waals surface area contributed by atoms with Crippen molar-refractivity contribution in [1.82, 2.24) is 0 Å². The fraction of sp³-hybridized carbons (Fsp3) is 0.614. The molecule has 578 valence electrons. The van der Waals surface area contributed by atoms with Crippen molar-refractivity contribution in [3.8, 4) is 0 Å². The third kappa shape index (κ3) is 72.8. The Hall–Kier alpha value is -5.58. The van der Waals surface area contributed by atoms with Gasteiger partial charge in [0.25, 0.3) is 0 Å². The van der Waals surface area contributed by atoms with Crippen molar-refractivity contribution in [3.63, 3.8) is 0 Å². The van der Waals surface area contributed by atoms with Gasteiger partial charge < -0.3 is 33.8 Å². The van der Waals surface area contributed by atoms with Crippen LogP contribution in [0, 0.1) is 0 Å². The Balaban J connectivity index is 5.44. The third-order valence-electron chi connectivity index (χ3n) is 15.2. The van der Waals surface area contributed by atoms with Gasteiger partial charge in [-0.05, 0) is 161 Å². The number of aliphatic hydroxyl groups is 1. The number of ether oxygens (including phenoxy) is 4. The molecule has 5 atom stereocenters. The van der Waals surface area contributed by atoms with E-state index in [-0.39, 0.29) is 25.7 Å². The summed E-state index contributed by atoms with van der Waals surface area (Å²) in [5, 5.41) is 10.6. The first-order chi connectivity index (χ1) is 49.7. The van der Waals surface area contributed by atoms with Gasteiger partial charge >= 0.3 is 39.5 Å². The number of unbranched alkanes of at least 4 members (excludes halogenated alkanes) is 16. The summed E-state index contributed by atoms with van der Waals surface area (Å²) in [7, 11) is -10.00. The SMILES string of the molecule is CC/C=C\C/C=C\C/C=C\C/C=C\C/C=C\CCCCCC(=O)OCC(COP(=O)(O)OCC(O)COP(=O)(O)OCC(COC(=O)CCC/C=C\C/C=C\C/C=C\C/C=C\C/C=C\CC)OC(=O)CCCCCCC/C=C\CCCC)OC(=O)CCCCCCC/C=C\C/C=C\C/C=C\CC. The molecule has 3 N–H and O–H groups in total. The largest absolute Gasteiger partial charge is 0.472 e. The molecule has 0 aliphatic rings. The summed E-state index contributed by atoms with van der Waals surface area (Å²) in [6.07, 6.45) is 86.4. The van der Waals surface area contributed by atoms with Crippen molar-refractivity contribution in [2.45, 2.75) is 290 Å². The lowest BCUT2D eigenvalue weighted by Crippen LogP contribution is -2.30. The molecule has 0 saturated heterocycles. The second-order valence-electron chi connectivity index (χ2n) is 24.8. The van der Waals surface area contributed by atoms with E-state index in [1.54, 1.807) is 0 Å². The zero-order valence-corrected chi connectivity index (χ0v) is 64.8. The zero-order chi connectivity index (χ0) is 74.6. The summed E-state index contributed by atoms with van der Waals surface area (Å²) in [6.45, 7) is 4.33. The smallest absolute Gasteiger partial charge is 0.462 e. The van der Waals surface area contributed by atoms with E-state index in [0.29, 0.717) is 32.1 Å². The molecule has 0 radical (unpaired) electrons. The van der Waals surface area contributed by atoms with E-state index in [4.69, 9.17) is 37.0 Å². The molecule has 0 aromatic heterocycles. The average molecular weight is 1470 g/mol. The van der Waals surface area contributed by atoms with E-state index in [0.717, 1.165) is 180 Å². The fourth-order valence-corrected chi connectivity index (χ4v) is 11.0. The van der Waals surface area contributed by atoms with Crippen LogP contribution in [0.15, 0.2) is 170 Å². The van der Waals surface area contributed by atoms with Crippen LogP contribution >= 0.6 is 15.6 Å². The van der Waals surface area contributed by atoms with Crippen LogP contribution in [-0.2, 0) is 65.4 Å². The Morgan fingerprint density at radius 2 is 0.520 bits per heavy atom. The molecule has 0 aliphatic carbocycles. The molecular formula is C83H134O17P2. The minimum Gasteiger partial charge on any atom is -0.462 e. The maximum Gasteiger partial charge on any atom is 0.472 e. The topological polar surface area (TPSA) is 237 Å². The first-order valence-electron chi connectivity index (χ1n) is 38.4. The number of phosphoric ester groups is 2. The zero-order valence-electron chi connectivity index (χ0n) is 63.0. The van der Waals surface area contributed by atoms with Crippen LogP contribution in [0.1, 0.15) is 272 Å². The van der Waals surface area contributed by atoms with Crippen LogP contribution in [0.3, 0.4) is 0 Å². The summed E-state index contributed by atoms with van der Waals surface area (Å²) in [4.78, 5) is 72.9. The van der Waals surface area contributed by atoms with Gasteiger partial charge in [0.05, 0.1) is 26.4 Å². The Bertz CT molecular complexity index is 2600. The van der Waals surface area contributed by atoms with E-state index in [9.17, 15) is 43.2 Å². The monoisotopic (exact) mass is 1460 g/mol. The lowest BCUT2D eigenvalue weighted by atomic mass is 10.1. The van der Waals surface area contributed by atoms with Gasteiger partial charge in [-0.15, -0.1) is 0 Å². The first kappa shape index (κ1) is 96.4. The van der Waals surface area contributed by atoms with Gasteiger partial charge in [0.1, 0.15) is 19.3 Å². The van der Waals surface area contributed by atoms with Gasteiger partial charge in [0.15, 0.2) is 12.2 Å². The van der Waals surface area contributed by atoms with Crippen molar-refractivity contribution in [1.29, 1.82) is 0 Å². The highest BCUT2D eigenvalue weighted by atomic mass is 31.2. The van der Waals surface area contributed by atoms with Gasteiger partial charge in [-0.3, -0.25) is 37.3 Å². The highest BCUT2D eigenvalue weighted by molar-refractivity contribution is 7.47. The van der Waals surface area contributed by atoms with Crippen LogP contribution in [0.4, 0.5) is 0 Å². The highest BCUT2D eigenvalue weighted by Crippen LogP contribution is 2.45. The number of carbonyl (C=O) groups is 4. The molecule has 102 heavy (non-hydrogen) atoms. The molecular weight excluding hydrogens is 1330 g/mol. The number of phosphoric acid groups is 2. The predicted octanol–water partition coefficient (Wildman–Crippen LogP) is 22.2. The second kappa shape index (κ2) is 73.7. The molecule has 0 aromatic rings. The maximum atomic E-state index is 13.1. The lowest BCUT2D eigenvalue weighted by molar-refractivity contribution is -0.161. The van der Waals surface area contributed by atoms with Crippen LogP contribution in [0.5, 0.6) is 0 Å². The van der Waals surface area contributed by atoms with Crippen LogP contribution in [0.2, 0.25) is 0 Å². The molecule has 0 saturated carbocycles. The average Bonchev–Trinajstić information content (AvgIpc) is 0.939. The molecule has 19 heteroatoms. The van der Waals surface area contributed by atoms with Crippen LogP contribution < -0.4 is 0 Å². The van der Waals surface area contributed by atoms with Crippen LogP contribution in [-0.4, -0.2) is 96.7 Å². The Labute approximate surface area is 616 Å². The second-order valence-corrected chi connectivity index (χ2v) is 27.7. The Kier molecular flexibility index (Phi) is 69.7. The quantitative estimate of drug-likeness (QED) is 0.0169. The summed E-state index contributed by atoms with van der Waals surface area (Å²) in [6, 6.07) is 0. The molecule has 0 spiro atoms. The normalized spacial score (nSPS) is 14.9. The van der Waals surface area contributed by atoms with E-state index in [1.807, 2.05) is 12.2 Å². The molecule has 0 aliphatic heterocycles. The maximum absolute atomic E-state index is 13.1. The van der Waals surface area contributed by atoms with Gasteiger partial charge in [0.2, 0.25) is 0 Å². The summed E-state index contributed by atoms with van der Waals surface area (Å²) < 4.78 is 68.4. The van der Waals surface area contributed by atoms with Crippen molar-refractivity contribution >= 4 is 39.5 Å². The van der Waals surface area contributed by atoms with Crippen molar-refractivity contribution in [2.75, 3.05) is 39.6 Å². The number of hydrogen-bond acceptors (Lipinski definition) is 15. The number of hydrogen-bond donors (Lipinski definition) is 3. The summed E-state index contributed by atoms with van der Waals surface area (Å²) in [5.41, 5.74) is 0. The minimum absolute atomic E-state index is 0.0602. The summed E-state index contributed by atoms with van der Waals surface area (Å²) in [5.74, 6) is -2.32. The first-order valence-corrected chi connectivity index (χ1v) is 41.4. The van der Waals surface area contributed by atoms with Crippen LogP contribution in [0.25, 0.3) is 0 Å². The molecule has 0 heterocycles. The van der Waals surface area contributed by atoms with E-state index < -0.39 is 97.5 Å². The number of aliphatic hydroxyl groups excluding tert-OH is 1. The summed E-state index contributed by atoms with van der Waals surface area (Å²) >= 11 is 0. The van der Waals surface area contributed by atoms with Gasteiger partial charge in [0, 0.05) is 25.7 Å². The van der Waals surface area contributed by atoms with E-state index >= 15 is 0 Å². The third-order valence-corrected chi connectivity index (χ3v) is 17.1. The van der Waals surface area contributed by atoms with Gasteiger partial charge in [-0.2, -0.15) is 0 Å². The molecule has 0 aromatic carbocycles. The van der Waals surface area contributed by atoms with Crippen molar-refractivity contribution < 1.29 is 80.2 Å². The molecule has 0 fully saturated rings.